The van der Waals surface area contributed by atoms with Crippen molar-refractivity contribution in [2.45, 2.75) is 38.1 Å². The van der Waals surface area contributed by atoms with Crippen LogP contribution in [0.3, 0.4) is 0 Å². The van der Waals surface area contributed by atoms with E-state index >= 15 is 0 Å². The van der Waals surface area contributed by atoms with Crippen LogP contribution in [0, 0.1) is 0 Å². The van der Waals surface area contributed by atoms with Gasteiger partial charge in [0.15, 0.2) is 0 Å². The molecule has 4 heteroatoms. The normalized spacial score (nSPS) is 17.5. The van der Waals surface area contributed by atoms with Gasteiger partial charge in [0.2, 0.25) is 0 Å². The van der Waals surface area contributed by atoms with E-state index in [1.54, 1.807) is 19.5 Å². The maximum absolute atomic E-state index is 13.0. The van der Waals surface area contributed by atoms with Crippen LogP contribution < -0.4 is 0 Å². The molecule has 0 N–H and O–H groups in total. The van der Waals surface area contributed by atoms with Crippen LogP contribution in [-0.4, -0.2) is 42.1 Å². The molecule has 0 bridgehead atoms. The van der Waals surface area contributed by atoms with Gasteiger partial charge in [0.05, 0.1) is 0 Å². The molecule has 0 radical (unpaired) electrons. The van der Waals surface area contributed by atoms with Gasteiger partial charge < -0.3 is 9.64 Å². The molecule has 1 amide bonds. The molecule has 1 aromatic heterocycles. The number of ether oxygens (including phenoxy) is 1. The molecule has 1 saturated heterocycles. The lowest BCUT2D eigenvalue weighted by Gasteiger charge is -2.36. The fourth-order valence-corrected chi connectivity index (χ4v) is 3.55. The summed E-state index contributed by atoms with van der Waals surface area (Å²) < 4.78 is 5.16. The van der Waals surface area contributed by atoms with Crippen LogP contribution in [0.15, 0.2) is 48.8 Å². The number of benzene rings is 1. The van der Waals surface area contributed by atoms with E-state index in [1.165, 1.54) is 6.42 Å². The van der Waals surface area contributed by atoms with Gasteiger partial charge in [-0.05, 0) is 67.5 Å². The number of likely N-dealkylation sites (tertiary alicyclic amines) is 1. The molecule has 1 aliphatic rings. The van der Waals surface area contributed by atoms with E-state index in [2.05, 4.69) is 9.88 Å². The number of carbonyl (C=O) groups is 1. The van der Waals surface area contributed by atoms with E-state index in [9.17, 15) is 4.79 Å². The van der Waals surface area contributed by atoms with Gasteiger partial charge >= 0.3 is 0 Å². The maximum Gasteiger partial charge on any atom is 0.254 e. The fourth-order valence-electron chi connectivity index (χ4n) is 3.55. The summed E-state index contributed by atoms with van der Waals surface area (Å²) in [5.74, 6) is 0.156. The van der Waals surface area contributed by atoms with Gasteiger partial charge in [-0.1, -0.05) is 12.1 Å². The number of pyridine rings is 1. The highest BCUT2D eigenvalue weighted by atomic mass is 16.5. The van der Waals surface area contributed by atoms with E-state index in [1.807, 2.05) is 36.4 Å². The Balaban J connectivity index is 1.70. The zero-order valence-electron chi connectivity index (χ0n) is 14.9. The van der Waals surface area contributed by atoms with E-state index in [0.717, 1.165) is 55.5 Å². The van der Waals surface area contributed by atoms with Gasteiger partial charge in [-0.25, -0.2) is 0 Å². The van der Waals surface area contributed by atoms with Gasteiger partial charge in [0.25, 0.3) is 5.91 Å². The molecule has 0 spiro atoms. The lowest BCUT2D eigenvalue weighted by Crippen LogP contribution is -2.43. The first-order chi connectivity index (χ1) is 12.3. The van der Waals surface area contributed by atoms with Crippen molar-refractivity contribution in [3.8, 4) is 11.1 Å². The molecule has 132 valence electrons. The number of hydrogen-bond acceptors (Lipinski definition) is 3. The Morgan fingerprint density at radius 1 is 1.12 bits per heavy atom. The van der Waals surface area contributed by atoms with Crippen molar-refractivity contribution in [1.29, 1.82) is 0 Å². The standard InChI is InChI=1S/C21H26N2O2/c1-25-16-4-6-20-5-2-3-15-23(20)21(24)19-9-7-17(8-10-19)18-11-13-22-14-12-18/h7-14,20H,2-6,15-16H2,1H3/t20-/m0/s1. The topological polar surface area (TPSA) is 42.4 Å². The van der Waals surface area contributed by atoms with Crippen LogP contribution in [0.4, 0.5) is 0 Å². The highest BCUT2D eigenvalue weighted by Crippen LogP contribution is 2.24. The molecule has 1 atom stereocenters. The van der Waals surface area contributed by atoms with Crippen molar-refractivity contribution < 1.29 is 9.53 Å². The number of aromatic nitrogens is 1. The van der Waals surface area contributed by atoms with Gasteiger partial charge in [0, 0.05) is 44.3 Å². The monoisotopic (exact) mass is 338 g/mol. The Labute approximate surface area is 149 Å². The minimum absolute atomic E-state index is 0.156. The maximum atomic E-state index is 13.0. The third-order valence-electron chi connectivity index (χ3n) is 4.92. The van der Waals surface area contributed by atoms with Crippen LogP contribution in [0.25, 0.3) is 11.1 Å². The van der Waals surface area contributed by atoms with Crippen molar-refractivity contribution >= 4 is 5.91 Å². The molecule has 0 aliphatic carbocycles. The Morgan fingerprint density at radius 2 is 1.84 bits per heavy atom. The van der Waals surface area contributed by atoms with Crippen molar-refractivity contribution in [2.24, 2.45) is 0 Å². The average molecular weight is 338 g/mol. The van der Waals surface area contributed by atoms with E-state index in [4.69, 9.17) is 4.74 Å². The number of piperidine rings is 1. The van der Waals surface area contributed by atoms with Crippen LogP contribution in [0.2, 0.25) is 0 Å². The predicted molar refractivity (Wildman–Crippen MR) is 99.5 cm³/mol. The zero-order valence-corrected chi connectivity index (χ0v) is 14.9. The molecule has 1 aliphatic heterocycles. The minimum Gasteiger partial charge on any atom is -0.385 e. The Bertz CT molecular complexity index is 670. The molecule has 2 aromatic rings. The molecule has 3 rings (SSSR count). The third-order valence-corrected chi connectivity index (χ3v) is 4.92. The summed E-state index contributed by atoms with van der Waals surface area (Å²) in [5.41, 5.74) is 3.00. The largest absolute Gasteiger partial charge is 0.385 e. The Kier molecular flexibility index (Phi) is 6.18. The number of rotatable bonds is 6. The second kappa shape index (κ2) is 8.77. The Hall–Kier alpha value is -2.20. The first-order valence-corrected chi connectivity index (χ1v) is 9.10. The minimum atomic E-state index is 0.156. The van der Waals surface area contributed by atoms with Crippen molar-refractivity contribution in [3.63, 3.8) is 0 Å². The summed E-state index contributed by atoms with van der Waals surface area (Å²) in [5, 5.41) is 0. The molecular weight excluding hydrogens is 312 g/mol. The van der Waals surface area contributed by atoms with Crippen LogP contribution in [0.1, 0.15) is 42.5 Å². The molecule has 25 heavy (non-hydrogen) atoms. The number of amides is 1. The summed E-state index contributed by atoms with van der Waals surface area (Å²) in [6.07, 6.45) is 9.01. The number of nitrogens with zero attached hydrogens (tertiary/aromatic N) is 2. The molecular formula is C21H26N2O2. The predicted octanol–water partition coefficient (Wildman–Crippen LogP) is 4.17. The summed E-state index contributed by atoms with van der Waals surface area (Å²) in [6.45, 7) is 1.63. The highest BCUT2D eigenvalue weighted by Gasteiger charge is 2.27. The second-order valence-corrected chi connectivity index (χ2v) is 6.60. The van der Waals surface area contributed by atoms with E-state index in [-0.39, 0.29) is 5.91 Å². The van der Waals surface area contributed by atoms with Crippen molar-refractivity contribution in [1.82, 2.24) is 9.88 Å². The summed E-state index contributed by atoms with van der Waals surface area (Å²) in [6, 6.07) is 12.2. The fraction of sp³-hybridized carbons (Fsp3) is 0.429. The summed E-state index contributed by atoms with van der Waals surface area (Å²) in [4.78, 5) is 19.1. The van der Waals surface area contributed by atoms with E-state index in [0.29, 0.717) is 6.04 Å². The van der Waals surface area contributed by atoms with E-state index < -0.39 is 0 Å². The summed E-state index contributed by atoms with van der Waals surface area (Å²) in [7, 11) is 1.73. The number of hydrogen-bond donors (Lipinski definition) is 0. The first-order valence-electron chi connectivity index (χ1n) is 9.10. The van der Waals surface area contributed by atoms with Gasteiger partial charge in [-0.3, -0.25) is 9.78 Å². The van der Waals surface area contributed by atoms with Crippen LogP contribution >= 0.6 is 0 Å². The zero-order chi connectivity index (χ0) is 17.5. The van der Waals surface area contributed by atoms with Crippen LogP contribution in [-0.2, 0) is 4.74 Å². The van der Waals surface area contributed by atoms with Crippen LogP contribution in [0.5, 0.6) is 0 Å². The lowest BCUT2D eigenvalue weighted by molar-refractivity contribution is 0.0585. The van der Waals surface area contributed by atoms with Gasteiger partial charge in [-0.2, -0.15) is 0 Å². The Morgan fingerprint density at radius 3 is 2.56 bits per heavy atom. The summed E-state index contributed by atoms with van der Waals surface area (Å²) >= 11 is 0. The molecule has 1 aromatic carbocycles. The molecule has 0 unspecified atom stereocenters. The average Bonchev–Trinajstić information content (AvgIpc) is 2.69. The SMILES string of the molecule is COCCC[C@@H]1CCCCN1C(=O)c1ccc(-c2ccncc2)cc1. The second-order valence-electron chi connectivity index (χ2n) is 6.60. The quantitative estimate of drug-likeness (QED) is 0.742. The molecule has 2 heterocycles. The number of carbonyl (C=O) groups excluding carboxylic acids is 1. The highest BCUT2D eigenvalue weighted by molar-refractivity contribution is 5.95. The molecule has 4 nitrogen and oxygen atoms in total. The van der Waals surface area contributed by atoms with Crippen molar-refractivity contribution in [3.05, 3.63) is 54.4 Å². The third kappa shape index (κ3) is 4.45. The van der Waals surface area contributed by atoms with Crippen molar-refractivity contribution in [2.75, 3.05) is 20.3 Å². The molecule has 1 fully saturated rings. The van der Waals surface area contributed by atoms with Gasteiger partial charge in [-0.15, -0.1) is 0 Å². The molecule has 0 saturated carbocycles. The van der Waals surface area contributed by atoms with Gasteiger partial charge in [0.1, 0.15) is 0 Å². The first kappa shape index (κ1) is 17.6. The number of methoxy groups -OCH3 is 1. The smallest absolute Gasteiger partial charge is 0.254 e. The lowest BCUT2D eigenvalue weighted by atomic mass is 9.96.